The molecule has 0 radical (unpaired) electrons. The van der Waals surface area contributed by atoms with Crippen molar-refractivity contribution in [1.82, 2.24) is 4.98 Å². The molecule has 146 valence electrons. The summed E-state index contributed by atoms with van der Waals surface area (Å²) in [5, 5.41) is 14.4. The van der Waals surface area contributed by atoms with E-state index < -0.39 is 0 Å². The van der Waals surface area contributed by atoms with Gasteiger partial charge < -0.3 is 15.2 Å². The molecule has 0 aliphatic heterocycles. The molecule has 0 saturated carbocycles. The standard InChI is InChI=1S/C25H24N2O2/c1-2-13-29-23-15-18(14-22(28)16-23)17-26-21-10-7-20(8-11-21)25-12-9-19-5-3-4-6-24(19)27-25/h3-12,14-16,26,28H,2,13,17H2,1H3. The van der Waals surface area contributed by atoms with E-state index in [2.05, 4.69) is 42.6 Å². The van der Waals surface area contributed by atoms with Crippen molar-refractivity contribution in [3.8, 4) is 22.8 Å². The molecule has 2 N–H and O–H groups in total. The molecule has 4 nitrogen and oxygen atoms in total. The maximum absolute atomic E-state index is 9.91. The van der Waals surface area contributed by atoms with Crippen LogP contribution in [0.3, 0.4) is 0 Å². The van der Waals surface area contributed by atoms with Crippen LogP contribution in [0.4, 0.5) is 5.69 Å². The Morgan fingerprint density at radius 2 is 1.76 bits per heavy atom. The van der Waals surface area contributed by atoms with Gasteiger partial charge in [0.05, 0.1) is 17.8 Å². The monoisotopic (exact) mass is 384 g/mol. The average molecular weight is 384 g/mol. The molecule has 4 aromatic rings. The van der Waals surface area contributed by atoms with Crippen LogP contribution in [0.5, 0.6) is 11.5 Å². The molecule has 1 aromatic heterocycles. The third kappa shape index (κ3) is 4.66. The molecule has 0 amide bonds. The van der Waals surface area contributed by atoms with Crippen molar-refractivity contribution in [1.29, 1.82) is 0 Å². The number of hydrogen-bond acceptors (Lipinski definition) is 4. The van der Waals surface area contributed by atoms with Crippen LogP contribution in [-0.2, 0) is 6.54 Å². The minimum absolute atomic E-state index is 0.216. The van der Waals surface area contributed by atoms with Crippen molar-refractivity contribution in [2.45, 2.75) is 19.9 Å². The van der Waals surface area contributed by atoms with Crippen LogP contribution in [0, 0.1) is 0 Å². The van der Waals surface area contributed by atoms with Crippen molar-refractivity contribution in [3.63, 3.8) is 0 Å². The van der Waals surface area contributed by atoms with E-state index >= 15 is 0 Å². The largest absolute Gasteiger partial charge is 0.508 e. The lowest BCUT2D eigenvalue weighted by atomic mass is 10.1. The van der Waals surface area contributed by atoms with Gasteiger partial charge in [0.15, 0.2) is 0 Å². The summed E-state index contributed by atoms with van der Waals surface area (Å²) in [6.07, 6.45) is 0.932. The maximum atomic E-state index is 9.91. The van der Waals surface area contributed by atoms with E-state index in [-0.39, 0.29) is 5.75 Å². The molecule has 0 saturated heterocycles. The molecule has 4 heteroatoms. The smallest absolute Gasteiger partial charge is 0.123 e. The van der Waals surface area contributed by atoms with Gasteiger partial charge in [0.1, 0.15) is 11.5 Å². The second-order valence-corrected chi connectivity index (χ2v) is 7.00. The summed E-state index contributed by atoms with van der Waals surface area (Å²) in [6, 6.07) is 25.9. The molecule has 4 rings (SSSR count). The first-order valence-electron chi connectivity index (χ1n) is 9.87. The maximum Gasteiger partial charge on any atom is 0.123 e. The number of aromatic nitrogens is 1. The second kappa shape index (κ2) is 8.65. The summed E-state index contributed by atoms with van der Waals surface area (Å²) in [6.45, 7) is 3.30. The first-order chi connectivity index (χ1) is 14.2. The number of phenols is 1. The topological polar surface area (TPSA) is 54.4 Å². The van der Waals surface area contributed by atoms with E-state index in [4.69, 9.17) is 9.72 Å². The summed E-state index contributed by atoms with van der Waals surface area (Å²) in [5.41, 5.74) is 5.01. The van der Waals surface area contributed by atoms with Crippen molar-refractivity contribution >= 4 is 16.6 Å². The number of ether oxygens (including phenoxy) is 1. The van der Waals surface area contributed by atoms with Crippen molar-refractivity contribution in [3.05, 3.63) is 84.4 Å². The minimum Gasteiger partial charge on any atom is -0.508 e. The zero-order valence-electron chi connectivity index (χ0n) is 16.4. The van der Waals surface area contributed by atoms with Gasteiger partial charge in [-0.05, 0) is 48.4 Å². The molecule has 0 aliphatic rings. The molecular weight excluding hydrogens is 360 g/mol. The number of pyridine rings is 1. The number of nitrogens with zero attached hydrogens (tertiary/aromatic N) is 1. The summed E-state index contributed by atoms with van der Waals surface area (Å²) < 4.78 is 5.63. The third-order valence-corrected chi connectivity index (χ3v) is 4.70. The van der Waals surface area contributed by atoms with Gasteiger partial charge in [0.25, 0.3) is 0 Å². The summed E-state index contributed by atoms with van der Waals surface area (Å²) in [7, 11) is 0. The van der Waals surface area contributed by atoms with Crippen LogP contribution in [0.25, 0.3) is 22.2 Å². The molecule has 0 unspecified atom stereocenters. The van der Waals surface area contributed by atoms with Crippen LogP contribution in [-0.4, -0.2) is 16.7 Å². The van der Waals surface area contributed by atoms with Crippen LogP contribution in [0.15, 0.2) is 78.9 Å². The number of rotatable bonds is 7. The number of hydrogen-bond donors (Lipinski definition) is 2. The average Bonchev–Trinajstić information content (AvgIpc) is 2.76. The van der Waals surface area contributed by atoms with Crippen molar-refractivity contribution < 1.29 is 9.84 Å². The van der Waals surface area contributed by atoms with E-state index in [0.717, 1.165) is 39.8 Å². The Labute approximate surface area is 170 Å². The van der Waals surface area contributed by atoms with Crippen LogP contribution in [0.1, 0.15) is 18.9 Å². The molecule has 3 aromatic carbocycles. The highest BCUT2D eigenvalue weighted by Gasteiger charge is 2.04. The Balaban J connectivity index is 1.45. The SMILES string of the molecule is CCCOc1cc(O)cc(CNc2ccc(-c3ccc4ccccc4n3)cc2)c1. The van der Waals surface area contributed by atoms with E-state index in [1.165, 1.54) is 0 Å². The number of fused-ring (bicyclic) bond motifs is 1. The zero-order chi connectivity index (χ0) is 20.1. The highest BCUT2D eigenvalue weighted by atomic mass is 16.5. The first-order valence-corrected chi connectivity index (χ1v) is 9.87. The van der Waals surface area contributed by atoms with Crippen LogP contribution >= 0.6 is 0 Å². The van der Waals surface area contributed by atoms with Crippen molar-refractivity contribution in [2.24, 2.45) is 0 Å². The molecular formula is C25H24N2O2. The van der Waals surface area contributed by atoms with Gasteiger partial charge in [-0.2, -0.15) is 0 Å². The lowest BCUT2D eigenvalue weighted by molar-refractivity contribution is 0.315. The Morgan fingerprint density at radius 3 is 2.59 bits per heavy atom. The molecule has 0 fully saturated rings. The predicted molar refractivity (Wildman–Crippen MR) is 118 cm³/mol. The third-order valence-electron chi connectivity index (χ3n) is 4.70. The van der Waals surface area contributed by atoms with Gasteiger partial charge in [-0.15, -0.1) is 0 Å². The summed E-state index contributed by atoms with van der Waals surface area (Å²) in [4.78, 5) is 4.75. The quantitative estimate of drug-likeness (QED) is 0.410. The fourth-order valence-electron chi connectivity index (χ4n) is 3.24. The van der Waals surface area contributed by atoms with Gasteiger partial charge in [0.2, 0.25) is 0 Å². The van der Waals surface area contributed by atoms with Gasteiger partial charge in [-0.25, -0.2) is 4.98 Å². The van der Waals surface area contributed by atoms with Gasteiger partial charge in [-0.3, -0.25) is 0 Å². The Morgan fingerprint density at radius 1 is 0.931 bits per heavy atom. The fourth-order valence-corrected chi connectivity index (χ4v) is 3.24. The number of nitrogens with one attached hydrogen (secondary N) is 1. The van der Waals surface area contributed by atoms with Crippen molar-refractivity contribution in [2.75, 3.05) is 11.9 Å². The van der Waals surface area contributed by atoms with E-state index in [1.807, 2.05) is 36.4 Å². The molecule has 0 aliphatic carbocycles. The number of aromatic hydroxyl groups is 1. The number of phenolic OH excluding ortho intramolecular Hbond substituents is 1. The number of para-hydroxylation sites is 1. The second-order valence-electron chi connectivity index (χ2n) is 7.00. The van der Waals surface area contributed by atoms with E-state index in [0.29, 0.717) is 18.9 Å². The normalized spacial score (nSPS) is 10.8. The lowest BCUT2D eigenvalue weighted by Gasteiger charge is -2.11. The highest BCUT2D eigenvalue weighted by molar-refractivity contribution is 5.81. The Bertz CT molecular complexity index is 1110. The van der Waals surface area contributed by atoms with Gasteiger partial charge >= 0.3 is 0 Å². The number of anilines is 1. The number of benzene rings is 3. The molecule has 0 spiro atoms. The first kappa shape index (κ1) is 18.8. The highest BCUT2D eigenvalue weighted by Crippen LogP contribution is 2.25. The molecule has 0 bridgehead atoms. The molecule has 0 atom stereocenters. The predicted octanol–water partition coefficient (Wildman–Crippen LogP) is 6.01. The zero-order valence-corrected chi connectivity index (χ0v) is 16.4. The van der Waals surface area contributed by atoms with E-state index in [9.17, 15) is 5.11 Å². The summed E-state index contributed by atoms with van der Waals surface area (Å²) in [5.74, 6) is 0.912. The minimum atomic E-state index is 0.216. The Hall–Kier alpha value is -3.53. The van der Waals surface area contributed by atoms with Gasteiger partial charge in [0, 0.05) is 29.2 Å². The van der Waals surface area contributed by atoms with Gasteiger partial charge in [-0.1, -0.05) is 43.3 Å². The van der Waals surface area contributed by atoms with Crippen LogP contribution in [0.2, 0.25) is 0 Å². The fraction of sp³-hybridized carbons (Fsp3) is 0.160. The van der Waals surface area contributed by atoms with Crippen LogP contribution < -0.4 is 10.1 Å². The summed E-state index contributed by atoms with van der Waals surface area (Å²) >= 11 is 0. The Kier molecular flexibility index (Phi) is 5.61. The van der Waals surface area contributed by atoms with E-state index in [1.54, 1.807) is 12.1 Å². The lowest BCUT2D eigenvalue weighted by Crippen LogP contribution is -2.01. The molecule has 29 heavy (non-hydrogen) atoms. The molecule has 1 heterocycles.